The van der Waals surface area contributed by atoms with Crippen molar-refractivity contribution < 1.29 is 0 Å². The Bertz CT molecular complexity index is 1020. The maximum Gasteiger partial charge on any atom is 0.0657 e. The van der Waals surface area contributed by atoms with E-state index in [2.05, 4.69) is 89.8 Å². The highest BCUT2D eigenvalue weighted by molar-refractivity contribution is 5.52. The first-order chi connectivity index (χ1) is 14.8. The van der Waals surface area contributed by atoms with Crippen LogP contribution in [0.15, 0.2) is 78.9 Å². The van der Waals surface area contributed by atoms with Crippen molar-refractivity contribution in [2.24, 2.45) is 5.92 Å². The highest BCUT2D eigenvalue weighted by Crippen LogP contribution is 2.46. The summed E-state index contributed by atoms with van der Waals surface area (Å²) in [6.45, 7) is 1.97. The van der Waals surface area contributed by atoms with Gasteiger partial charge in [-0.15, -0.1) is 0 Å². The Morgan fingerprint density at radius 1 is 0.733 bits per heavy atom. The highest BCUT2D eigenvalue weighted by atomic mass is 15.1. The first kappa shape index (κ1) is 18.9. The van der Waals surface area contributed by atoms with Gasteiger partial charge in [0, 0.05) is 30.6 Å². The molecule has 2 aliphatic rings. The Hall–Kier alpha value is -3.05. The summed E-state index contributed by atoms with van der Waals surface area (Å²) < 4.78 is 0. The van der Waals surface area contributed by atoms with Crippen LogP contribution in [0.3, 0.4) is 0 Å². The average molecular weight is 393 g/mol. The topological polar surface area (TPSA) is 27.0 Å². The van der Waals surface area contributed by atoms with Gasteiger partial charge in [0.25, 0.3) is 0 Å². The molecule has 2 nitrogen and oxygen atoms in total. The summed E-state index contributed by atoms with van der Waals surface area (Å²) in [4.78, 5) is 2.43. The third-order valence-corrected chi connectivity index (χ3v) is 7.04. The van der Waals surface area contributed by atoms with Gasteiger partial charge in [-0.05, 0) is 66.0 Å². The van der Waals surface area contributed by atoms with Gasteiger partial charge in [-0.2, -0.15) is 5.26 Å². The van der Waals surface area contributed by atoms with Gasteiger partial charge < -0.3 is 4.90 Å². The molecule has 150 valence electrons. The third kappa shape index (κ3) is 3.61. The van der Waals surface area contributed by atoms with Gasteiger partial charge in [0.15, 0.2) is 0 Å². The molecule has 0 amide bonds. The van der Waals surface area contributed by atoms with Gasteiger partial charge in [-0.1, -0.05) is 66.7 Å². The largest absolute Gasteiger partial charge is 0.371 e. The summed E-state index contributed by atoms with van der Waals surface area (Å²) in [7, 11) is 0. The van der Waals surface area contributed by atoms with E-state index in [0.717, 1.165) is 32.4 Å². The predicted octanol–water partition coefficient (Wildman–Crippen LogP) is 6.29. The molecule has 1 saturated heterocycles. The van der Waals surface area contributed by atoms with Gasteiger partial charge >= 0.3 is 0 Å². The summed E-state index contributed by atoms with van der Waals surface area (Å²) in [5.74, 6) is 1.14. The van der Waals surface area contributed by atoms with Crippen molar-refractivity contribution in [2.45, 2.75) is 37.5 Å². The van der Waals surface area contributed by atoms with E-state index in [9.17, 15) is 0 Å². The van der Waals surface area contributed by atoms with Crippen LogP contribution in [0.1, 0.15) is 53.4 Å². The molecule has 0 aromatic heterocycles. The second-order valence-corrected chi connectivity index (χ2v) is 8.71. The molecule has 0 bridgehead atoms. The van der Waals surface area contributed by atoms with E-state index >= 15 is 0 Å². The van der Waals surface area contributed by atoms with Crippen molar-refractivity contribution >= 4 is 5.69 Å². The zero-order valence-corrected chi connectivity index (χ0v) is 17.4. The number of piperidine rings is 1. The van der Waals surface area contributed by atoms with Crippen molar-refractivity contribution in [1.82, 2.24) is 0 Å². The number of benzene rings is 3. The lowest BCUT2D eigenvalue weighted by molar-refractivity contribution is 0.487. The minimum atomic E-state index is 0.228. The van der Waals surface area contributed by atoms with Gasteiger partial charge in [0.05, 0.1) is 6.07 Å². The van der Waals surface area contributed by atoms with Crippen LogP contribution in [0.4, 0.5) is 5.69 Å². The van der Waals surface area contributed by atoms with E-state index in [1.54, 1.807) is 0 Å². The second kappa shape index (κ2) is 8.36. The van der Waals surface area contributed by atoms with Gasteiger partial charge in [0.2, 0.25) is 0 Å². The van der Waals surface area contributed by atoms with Crippen LogP contribution < -0.4 is 4.90 Å². The highest BCUT2D eigenvalue weighted by Gasteiger charge is 2.31. The first-order valence-corrected chi connectivity index (χ1v) is 11.2. The number of aryl methyl sites for hydroxylation is 1. The van der Waals surface area contributed by atoms with Gasteiger partial charge in [0.1, 0.15) is 0 Å². The summed E-state index contributed by atoms with van der Waals surface area (Å²) >= 11 is 0. The van der Waals surface area contributed by atoms with E-state index in [-0.39, 0.29) is 5.92 Å². The fourth-order valence-corrected chi connectivity index (χ4v) is 5.39. The molecule has 3 aromatic rings. The summed E-state index contributed by atoms with van der Waals surface area (Å²) in [5, 5.41) is 9.16. The van der Waals surface area contributed by atoms with Gasteiger partial charge in [-0.25, -0.2) is 0 Å². The molecular formula is C28H28N2. The van der Waals surface area contributed by atoms with E-state index in [1.165, 1.54) is 34.4 Å². The summed E-state index contributed by atoms with van der Waals surface area (Å²) in [5.41, 5.74) is 7.12. The van der Waals surface area contributed by atoms with Crippen LogP contribution in [0.5, 0.6) is 0 Å². The Kier molecular flexibility index (Phi) is 5.28. The predicted molar refractivity (Wildman–Crippen MR) is 123 cm³/mol. The lowest BCUT2D eigenvalue weighted by atomic mass is 9.69. The van der Waals surface area contributed by atoms with Crippen LogP contribution in [0.25, 0.3) is 0 Å². The minimum Gasteiger partial charge on any atom is -0.371 e. The maximum atomic E-state index is 9.16. The molecule has 1 heterocycles. The molecule has 1 aliphatic carbocycles. The van der Waals surface area contributed by atoms with E-state index in [1.807, 2.05) is 0 Å². The number of rotatable bonds is 3. The molecule has 2 unspecified atom stereocenters. The third-order valence-electron chi connectivity index (χ3n) is 7.04. The Balaban J connectivity index is 1.46. The van der Waals surface area contributed by atoms with Crippen molar-refractivity contribution in [2.75, 3.05) is 18.0 Å². The van der Waals surface area contributed by atoms with Crippen LogP contribution in [0.2, 0.25) is 0 Å². The Morgan fingerprint density at radius 2 is 1.43 bits per heavy atom. The number of fused-ring (bicyclic) bond motifs is 1. The van der Waals surface area contributed by atoms with Crippen molar-refractivity contribution in [1.29, 1.82) is 5.26 Å². The second-order valence-electron chi connectivity index (χ2n) is 8.71. The number of nitriles is 1. The number of nitrogens with zero attached hydrogens (tertiary/aromatic N) is 2. The zero-order valence-electron chi connectivity index (χ0n) is 17.4. The first-order valence-electron chi connectivity index (χ1n) is 11.2. The van der Waals surface area contributed by atoms with E-state index in [0.29, 0.717) is 11.8 Å². The van der Waals surface area contributed by atoms with Gasteiger partial charge in [-0.3, -0.25) is 0 Å². The number of hydrogen-bond donors (Lipinski definition) is 0. The molecule has 3 aromatic carbocycles. The fourth-order valence-electron chi connectivity index (χ4n) is 5.39. The van der Waals surface area contributed by atoms with Crippen LogP contribution in [-0.2, 0) is 6.42 Å². The fraction of sp³-hybridized carbons (Fsp3) is 0.321. The lowest BCUT2D eigenvalue weighted by Crippen LogP contribution is -2.33. The van der Waals surface area contributed by atoms with Crippen molar-refractivity contribution in [3.63, 3.8) is 0 Å². The molecule has 30 heavy (non-hydrogen) atoms. The summed E-state index contributed by atoms with van der Waals surface area (Å²) in [6.07, 6.45) is 4.29. The molecule has 0 spiro atoms. The SMILES string of the molecule is N#CC1CCN(c2ccc(C3c4ccccc4CCC3c3ccccc3)cc2)CC1. The Labute approximate surface area is 179 Å². The minimum absolute atomic E-state index is 0.228. The smallest absolute Gasteiger partial charge is 0.0657 e. The summed E-state index contributed by atoms with van der Waals surface area (Å²) in [6, 6.07) is 31.7. The quantitative estimate of drug-likeness (QED) is 0.524. The monoisotopic (exact) mass is 392 g/mol. The van der Waals surface area contributed by atoms with E-state index < -0.39 is 0 Å². The van der Waals surface area contributed by atoms with Crippen molar-refractivity contribution in [3.05, 3.63) is 101 Å². The van der Waals surface area contributed by atoms with Crippen LogP contribution >= 0.6 is 0 Å². The molecule has 5 rings (SSSR count). The molecule has 0 radical (unpaired) electrons. The standard InChI is InChI=1S/C28H28N2/c29-20-21-16-18-30(19-17-21)25-13-10-24(11-14-25)28-26-9-5-4-8-23(26)12-15-27(28)22-6-2-1-3-7-22/h1-11,13-14,21,27-28H,12,15-19H2. The lowest BCUT2D eigenvalue weighted by Gasteiger charge is -2.35. The Morgan fingerprint density at radius 3 is 2.17 bits per heavy atom. The van der Waals surface area contributed by atoms with E-state index in [4.69, 9.17) is 5.26 Å². The molecule has 1 fully saturated rings. The molecule has 0 saturated carbocycles. The normalized spacial score (nSPS) is 21.6. The average Bonchev–Trinajstić information content (AvgIpc) is 2.84. The molecule has 2 heteroatoms. The zero-order chi connectivity index (χ0) is 20.3. The molecule has 1 aliphatic heterocycles. The van der Waals surface area contributed by atoms with Crippen LogP contribution in [0, 0.1) is 17.2 Å². The maximum absolute atomic E-state index is 9.16. The van der Waals surface area contributed by atoms with Crippen molar-refractivity contribution in [3.8, 4) is 6.07 Å². The molecule has 0 N–H and O–H groups in total. The number of anilines is 1. The van der Waals surface area contributed by atoms with Crippen LogP contribution in [-0.4, -0.2) is 13.1 Å². The molecule has 2 atom stereocenters. The number of hydrogen-bond acceptors (Lipinski definition) is 2. The molecular weight excluding hydrogens is 364 g/mol.